The third kappa shape index (κ3) is 3.22. The van der Waals surface area contributed by atoms with Crippen molar-refractivity contribution in [2.24, 2.45) is 0 Å². The van der Waals surface area contributed by atoms with Crippen LogP contribution in [0.3, 0.4) is 0 Å². The van der Waals surface area contributed by atoms with Gasteiger partial charge in [0.25, 0.3) is 0 Å². The molecule has 3 N–H and O–H groups in total. The van der Waals surface area contributed by atoms with Crippen molar-refractivity contribution in [2.45, 2.75) is 18.4 Å². The van der Waals surface area contributed by atoms with E-state index in [1.165, 1.54) is 0 Å². The molecule has 2 heterocycles. The highest BCUT2D eigenvalue weighted by atomic mass is 32.2. The number of nitrogens with one attached hydrogen (secondary N) is 2. The van der Waals surface area contributed by atoms with Gasteiger partial charge in [-0.15, -0.1) is 0 Å². The van der Waals surface area contributed by atoms with Gasteiger partial charge in [0.2, 0.25) is 10.0 Å². The summed E-state index contributed by atoms with van der Waals surface area (Å²) in [5.41, 5.74) is 1.19. The predicted octanol–water partition coefficient (Wildman–Crippen LogP) is 0.895. The smallest absolute Gasteiger partial charge is 0.352 e. The van der Waals surface area contributed by atoms with E-state index in [1.807, 2.05) is 13.0 Å². The van der Waals surface area contributed by atoms with Crippen LogP contribution in [0.15, 0.2) is 35.4 Å². The van der Waals surface area contributed by atoms with Crippen LogP contribution >= 0.6 is 0 Å². The van der Waals surface area contributed by atoms with Gasteiger partial charge in [-0.25, -0.2) is 17.9 Å². The molecule has 0 unspecified atom stereocenters. The van der Waals surface area contributed by atoms with E-state index >= 15 is 0 Å². The zero-order valence-electron chi connectivity index (χ0n) is 10.6. The average molecular weight is 295 g/mol. The van der Waals surface area contributed by atoms with E-state index in [0.717, 1.165) is 18.0 Å². The first-order chi connectivity index (χ1) is 9.38. The van der Waals surface area contributed by atoms with Gasteiger partial charge in [-0.1, -0.05) is 6.07 Å². The third-order valence-corrected chi connectivity index (χ3v) is 3.97. The SMILES string of the molecule is Cc1cccc(CNS(=O)(=O)c2c[nH]c(C(=O)O)c2)n1. The molecule has 0 fully saturated rings. The Morgan fingerprint density at radius 1 is 1.45 bits per heavy atom. The van der Waals surface area contributed by atoms with Gasteiger partial charge in [0.15, 0.2) is 0 Å². The van der Waals surface area contributed by atoms with E-state index < -0.39 is 16.0 Å². The molecule has 0 spiro atoms. The fraction of sp³-hybridized carbons (Fsp3) is 0.167. The summed E-state index contributed by atoms with van der Waals surface area (Å²) in [6.45, 7) is 1.85. The van der Waals surface area contributed by atoms with Crippen LogP contribution in [0.2, 0.25) is 0 Å². The molecular weight excluding hydrogens is 282 g/mol. The number of rotatable bonds is 5. The summed E-state index contributed by atoms with van der Waals surface area (Å²) >= 11 is 0. The van der Waals surface area contributed by atoms with Crippen molar-refractivity contribution >= 4 is 16.0 Å². The topological polar surface area (TPSA) is 112 Å². The summed E-state index contributed by atoms with van der Waals surface area (Å²) in [5, 5.41) is 8.75. The van der Waals surface area contributed by atoms with Crippen molar-refractivity contribution in [2.75, 3.05) is 0 Å². The van der Waals surface area contributed by atoms with Gasteiger partial charge in [0, 0.05) is 11.9 Å². The lowest BCUT2D eigenvalue weighted by Crippen LogP contribution is -2.23. The lowest BCUT2D eigenvalue weighted by atomic mass is 10.3. The number of carboxylic acid groups (broad SMARTS) is 1. The van der Waals surface area contributed by atoms with E-state index in [9.17, 15) is 13.2 Å². The van der Waals surface area contributed by atoms with Crippen molar-refractivity contribution < 1.29 is 18.3 Å². The van der Waals surface area contributed by atoms with Gasteiger partial charge < -0.3 is 10.1 Å². The highest BCUT2D eigenvalue weighted by Crippen LogP contribution is 2.11. The highest BCUT2D eigenvalue weighted by Gasteiger charge is 2.18. The zero-order chi connectivity index (χ0) is 14.8. The van der Waals surface area contributed by atoms with Crippen LogP contribution in [-0.2, 0) is 16.6 Å². The van der Waals surface area contributed by atoms with E-state index in [1.54, 1.807) is 12.1 Å². The first-order valence-electron chi connectivity index (χ1n) is 5.72. The second kappa shape index (κ2) is 5.43. The summed E-state index contributed by atoms with van der Waals surface area (Å²) in [6, 6.07) is 6.36. The van der Waals surface area contributed by atoms with Crippen LogP contribution in [0.1, 0.15) is 21.9 Å². The molecule has 2 aromatic rings. The van der Waals surface area contributed by atoms with Crippen LogP contribution in [0.4, 0.5) is 0 Å². The van der Waals surface area contributed by atoms with Crippen molar-refractivity contribution in [1.29, 1.82) is 0 Å². The van der Waals surface area contributed by atoms with Gasteiger partial charge in [0.1, 0.15) is 10.6 Å². The molecule has 106 valence electrons. The average Bonchev–Trinajstić information content (AvgIpc) is 2.87. The molecular formula is C12H13N3O4S. The van der Waals surface area contributed by atoms with Crippen molar-refractivity contribution in [1.82, 2.24) is 14.7 Å². The van der Waals surface area contributed by atoms with Crippen LogP contribution in [-0.4, -0.2) is 29.5 Å². The molecule has 0 aliphatic rings. The Balaban J connectivity index is 2.12. The Labute approximate surface area is 115 Å². The Morgan fingerprint density at radius 3 is 2.80 bits per heavy atom. The monoisotopic (exact) mass is 295 g/mol. The number of sulfonamides is 1. The largest absolute Gasteiger partial charge is 0.477 e. The first kappa shape index (κ1) is 14.2. The molecule has 0 bridgehead atoms. The van der Waals surface area contributed by atoms with Gasteiger partial charge in [0.05, 0.1) is 12.2 Å². The number of hydrogen-bond acceptors (Lipinski definition) is 4. The fourth-order valence-corrected chi connectivity index (χ4v) is 2.59. The molecule has 8 heteroatoms. The Morgan fingerprint density at radius 2 is 2.20 bits per heavy atom. The normalized spacial score (nSPS) is 11.4. The van der Waals surface area contributed by atoms with Crippen LogP contribution in [0, 0.1) is 6.92 Å². The maximum atomic E-state index is 12.0. The summed E-state index contributed by atoms with van der Waals surface area (Å²) in [7, 11) is -3.77. The van der Waals surface area contributed by atoms with E-state index in [-0.39, 0.29) is 17.1 Å². The molecule has 0 saturated carbocycles. The van der Waals surface area contributed by atoms with Crippen LogP contribution in [0.5, 0.6) is 0 Å². The van der Waals surface area contributed by atoms with Crippen molar-refractivity contribution in [3.63, 3.8) is 0 Å². The second-order valence-electron chi connectivity index (χ2n) is 4.15. The van der Waals surface area contributed by atoms with Crippen LogP contribution in [0.25, 0.3) is 0 Å². The highest BCUT2D eigenvalue weighted by molar-refractivity contribution is 7.89. The lowest BCUT2D eigenvalue weighted by Gasteiger charge is -2.05. The second-order valence-corrected chi connectivity index (χ2v) is 5.92. The molecule has 20 heavy (non-hydrogen) atoms. The fourth-order valence-electron chi connectivity index (χ4n) is 1.60. The van der Waals surface area contributed by atoms with E-state index in [2.05, 4.69) is 14.7 Å². The Hall–Kier alpha value is -2.19. The van der Waals surface area contributed by atoms with Crippen molar-refractivity contribution in [3.05, 3.63) is 47.5 Å². The molecule has 7 nitrogen and oxygen atoms in total. The zero-order valence-corrected chi connectivity index (χ0v) is 11.4. The van der Waals surface area contributed by atoms with Gasteiger partial charge in [-0.3, -0.25) is 4.98 Å². The number of aromatic nitrogens is 2. The lowest BCUT2D eigenvalue weighted by molar-refractivity contribution is 0.0691. The molecule has 2 rings (SSSR count). The van der Waals surface area contributed by atoms with Gasteiger partial charge >= 0.3 is 5.97 Å². The minimum absolute atomic E-state index is 0.0393. The van der Waals surface area contributed by atoms with E-state index in [4.69, 9.17) is 5.11 Å². The number of H-pyrrole nitrogens is 1. The number of aromatic carboxylic acids is 1. The first-order valence-corrected chi connectivity index (χ1v) is 7.21. The predicted molar refractivity (Wildman–Crippen MR) is 70.8 cm³/mol. The van der Waals surface area contributed by atoms with Gasteiger partial charge in [-0.05, 0) is 25.1 Å². The molecule has 0 atom stereocenters. The summed E-state index contributed by atoms with van der Waals surface area (Å²) in [4.78, 5) is 17.1. The minimum Gasteiger partial charge on any atom is -0.477 e. The molecule has 0 amide bonds. The quantitative estimate of drug-likeness (QED) is 0.758. The summed E-state index contributed by atoms with van der Waals surface area (Å²) in [5.74, 6) is -1.22. The molecule has 2 aromatic heterocycles. The van der Waals surface area contributed by atoms with Crippen molar-refractivity contribution in [3.8, 4) is 0 Å². The number of pyridine rings is 1. The summed E-state index contributed by atoms with van der Waals surface area (Å²) < 4.78 is 26.3. The standard InChI is InChI=1S/C12H13N3O4S/c1-8-3-2-4-9(15-8)6-14-20(18,19)10-5-11(12(16)17)13-7-10/h2-5,7,13-14H,6H2,1H3,(H,16,17). The Bertz CT molecular complexity index is 737. The van der Waals surface area contributed by atoms with Crippen LogP contribution < -0.4 is 4.72 Å². The van der Waals surface area contributed by atoms with Gasteiger partial charge in [-0.2, -0.15) is 0 Å². The summed E-state index contributed by atoms with van der Waals surface area (Å²) in [6.07, 6.45) is 1.13. The maximum Gasteiger partial charge on any atom is 0.352 e. The molecule has 0 saturated heterocycles. The molecule has 0 radical (unpaired) electrons. The number of carbonyl (C=O) groups is 1. The number of carboxylic acids is 1. The minimum atomic E-state index is -3.77. The maximum absolute atomic E-state index is 12.0. The molecule has 0 aliphatic carbocycles. The third-order valence-electron chi connectivity index (χ3n) is 2.59. The number of hydrogen-bond donors (Lipinski definition) is 3. The number of aromatic amines is 1. The number of nitrogens with zero attached hydrogens (tertiary/aromatic N) is 1. The molecule has 0 aromatic carbocycles. The number of aryl methyl sites for hydroxylation is 1. The Kier molecular flexibility index (Phi) is 3.86. The van der Waals surface area contributed by atoms with E-state index in [0.29, 0.717) is 5.69 Å². The molecule has 0 aliphatic heterocycles.